The monoisotopic (exact) mass is 319 g/mol. The second-order valence-corrected chi connectivity index (χ2v) is 5.80. The van der Waals surface area contributed by atoms with E-state index in [2.05, 4.69) is 10.6 Å². The minimum absolute atomic E-state index is 0.196. The van der Waals surface area contributed by atoms with Crippen LogP contribution in [0.4, 0.5) is 0 Å². The third kappa shape index (κ3) is 7.33. The van der Waals surface area contributed by atoms with E-state index in [4.69, 9.17) is 5.73 Å². The zero-order valence-electron chi connectivity index (χ0n) is 12.7. The van der Waals surface area contributed by atoms with Crippen LogP contribution in [0.2, 0.25) is 0 Å². The molecule has 0 bridgehead atoms. The molecule has 0 saturated heterocycles. The van der Waals surface area contributed by atoms with Crippen LogP contribution < -0.4 is 16.4 Å². The van der Waals surface area contributed by atoms with Crippen LogP contribution in [0.1, 0.15) is 26.7 Å². The van der Waals surface area contributed by atoms with Crippen molar-refractivity contribution in [1.29, 1.82) is 0 Å². The first-order chi connectivity index (χ1) is 9.87. The lowest BCUT2D eigenvalue weighted by Crippen LogP contribution is -2.54. The summed E-state index contributed by atoms with van der Waals surface area (Å²) < 4.78 is 0. The van der Waals surface area contributed by atoms with Crippen LogP contribution in [-0.2, 0) is 14.4 Å². The largest absolute Gasteiger partial charge is 0.480 e. The summed E-state index contributed by atoms with van der Waals surface area (Å²) in [6, 6.07) is -1.73. The Morgan fingerprint density at radius 2 is 1.90 bits per heavy atom. The van der Waals surface area contributed by atoms with Gasteiger partial charge < -0.3 is 21.5 Å². The molecule has 0 heterocycles. The van der Waals surface area contributed by atoms with Gasteiger partial charge in [0.05, 0.1) is 6.54 Å². The smallest absolute Gasteiger partial charge is 0.326 e. The number of hydrogen-bond acceptors (Lipinski definition) is 5. The molecule has 0 radical (unpaired) electrons. The number of aliphatic carboxylic acids is 1. The van der Waals surface area contributed by atoms with Crippen molar-refractivity contribution in [3.05, 3.63) is 0 Å². The average molecular weight is 319 g/mol. The predicted molar refractivity (Wildman–Crippen MR) is 83.0 cm³/mol. The lowest BCUT2D eigenvalue weighted by atomic mass is 9.99. The molecule has 2 amide bonds. The second kappa shape index (κ2) is 10.4. The quantitative estimate of drug-likeness (QED) is 0.442. The zero-order valence-corrected chi connectivity index (χ0v) is 13.5. The Hall–Kier alpha value is -1.28. The Bertz CT molecular complexity index is 365. The van der Waals surface area contributed by atoms with Gasteiger partial charge in [0.25, 0.3) is 0 Å². The molecular weight excluding hydrogens is 294 g/mol. The molecule has 3 unspecified atom stereocenters. The summed E-state index contributed by atoms with van der Waals surface area (Å²) in [4.78, 5) is 34.8. The summed E-state index contributed by atoms with van der Waals surface area (Å²) in [5, 5.41) is 14.2. The molecule has 5 N–H and O–H groups in total. The van der Waals surface area contributed by atoms with Gasteiger partial charge in [-0.1, -0.05) is 20.3 Å². The molecular formula is C13H25N3O4S. The molecule has 0 rings (SSSR count). The highest BCUT2D eigenvalue weighted by molar-refractivity contribution is 7.98. The Morgan fingerprint density at radius 3 is 2.33 bits per heavy atom. The van der Waals surface area contributed by atoms with Gasteiger partial charge in [0, 0.05) is 0 Å². The first-order valence-electron chi connectivity index (χ1n) is 6.88. The highest BCUT2D eigenvalue weighted by atomic mass is 32.2. The molecule has 21 heavy (non-hydrogen) atoms. The maximum atomic E-state index is 12.2. The van der Waals surface area contributed by atoms with Gasteiger partial charge >= 0.3 is 5.97 Å². The van der Waals surface area contributed by atoms with Crippen molar-refractivity contribution in [3.63, 3.8) is 0 Å². The minimum atomic E-state index is -1.08. The third-order valence-electron chi connectivity index (χ3n) is 3.22. The van der Waals surface area contributed by atoms with E-state index < -0.39 is 29.9 Å². The first-order valence-corrected chi connectivity index (χ1v) is 8.28. The number of thioether (sulfide) groups is 1. The second-order valence-electron chi connectivity index (χ2n) is 4.82. The number of carbonyl (C=O) groups is 3. The summed E-state index contributed by atoms with van der Waals surface area (Å²) in [6.45, 7) is 3.40. The van der Waals surface area contributed by atoms with E-state index in [0.29, 0.717) is 18.6 Å². The topological polar surface area (TPSA) is 122 Å². The van der Waals surface area contributed by atoms with E-state index in [9.17, 15) is 19.5 Å². The molecule has 0 saturated carbocycles. The van der Waals surface area contributed by atoms with Crippen LogP contribution in [-0.4, -0.2) is 53.5 Å². The van der Waals surface area contributed by atoms with Crippen LogP contribution in [0.25, 0.3) is 0 Å². The molecule has 0 aromatic heterocycles. The van der Waals surface area contributed by atoms with E-state index in [1.54, 1.807) is 6.92 Å². The van der Waals surface area contributed by atoms with Gasteiger partial charge in [0.1, 0.15) is 12.1 Å². The summed E-state index contributed by atoms with van der Waals surface area (Å²) in [5.74, 6) is -1.53. The number of amides is 2. The number of rotatable bonds is 10. The van der Waals surface area contributed by atoms with Gasteiger partial charge in [-0.05, 0) is 24.3 Å². The van der Waals surface area contributed by atoms with Crippen LogP contribution in [0.15, 0.2) is 0 Å². The molecule has 0 spiro atoms. The van der Waals surface area contributed by atoms with E-state index in [0.717, 1.165) is 0 Å². The number of hydrogen-bond donors (Lipinski definition) is 4. The molecule has 0 fully saturated rings. The molecule has 3 atom stereocenters. The molecule has 0 aliphatic carbocycles. The number of carboxylic acid groups (broad SMARTS) is 1. The van der Waals surface area contributed by atoms with Crippen LogP contribution in [0.5, 0.6) is 0 Å². The summed E-state index contributed by atoms with van der Waals surface area (Å²) in [7, 11) is 0. The van der Waals surface area contributed by atoms with Crippen LogP contribution >= 0.6 is 11.8 Å². The van der Waals surface area contributed by atoms with Crippen molar-refractivity contribution >= 4 is 29.5 Å². The fourth-order valence-corrected chi connectivity index (χ4v) is 2.17. The van der Waals surface area contributed by atoms with Crippen LogP contribution in [0, 0.1) is 5.92 Å². The molecule has 122 valence electrons. The fraction of sp³-hybridized carbons (Fsp3) is 0.769. The van der Waals surface area contributed by atoms with Crippen molar-refractivity contribution in [3.8, 4) is 0 Å². The zero-order chi connectivity index (χ0) is 16.4. The Balaban J connectivity index is 4.83. The van der Waals surface area contributed by atoms with Gasteiger partial charge in [-0.2, -0.15) is 11.8 Å². The summed E-state index contributed by atoms with van der Waals surface area (Å²) in [5.41, 5.74) is 5.23. The molecule has 0 aromatic rings. The summed E-state index contributed by atoms with van der Waals surface area (Å²) in [6.07, 6.45) is 2.94. The minimum Gasteiger partial charge on any atom is -0.480 e. The van der Waals surface area contributed by atoms with Crippen molar-refractivity contribution in [2.24, 2.45) is 11.7 Å². The fourth-order valence-electron chi connectivity index (χ4n) is 1.69. The van der Waals surface area contributed by atoms with E-state index >= 15 is 0 Å². The molecule has 7 nitrogen and oxygen atoms in total. The molecule has 0 aliphatic rings. The van der Waals surface area contributed by atoms with Gasteiger partial charge in [-0.3, -0.25) is 9.59 Å². The van der Waals surface area contributed by atoms with Gasteiger partial charge in [-0.25, -0.2) is 4.79 Å². The maximum absolute atomic E-state index is 12.2. The highest BCUT2D eigenvalue weighted by Crippen LogP contribution is 2.09. The maximum Gasteiger partial charge on any atom is 0.326 e. The number of nitrogens with one attached hydrogen (secondary N) is 2. The third-order valence-corrected chi connectivity index (χ3v) is 3.87. The molecule has 8 heteroatoms. The SMILES string of the molecule is CCC(C)C(NC(=O)C(CCSC)NC(=O)CN)C(=O)O. The normalized spacial score (nSPS) is 14.9. The lowest BCUT2D eigenvalue weighted by molar-refractivity contribution is -0.143. The lowest BCUT2D eigenvalue weighted by Gasteiger charge is -2.24. The van der Waals surface area contributed by atoms with Crippen molar-refractivity contribution in [2.45, 2.75) is 38.8 Å². The van der Waals surface area contributed by atoms with Crippen LogP contribution in [0.3, 0.4) is 0 Å². The van der Waals surface area contributed by atoms with Gasteiger partial charge in [0.2, 0.25) is 11.8 Å². The van der Waals surface area contributed by atoms with Crippen molar-refractivity contribution < 1.29 is 19.5 Å². The van der Waals surface area contributed by atoms with Crippen molar-refractivity contribution in [2.75, 3.05) is 18.6 Å². The molecule has 0 aromatic carbocycles. The highest BCUT2D eigenvalue weighted by Gasteiger charge is 2.29. The van der Waals surface area contributed by atoms with E-state index in [-0.39, 0.29) is 12.5 Å². The first kappa shape index (κ1) is 19.7. The van der Waals surface area contributed by atoms with Gasteiger partial charge in [-0.15, -0.1) is 0 Å². The standard InChI is InChI=1S/C13H25N3O4S/c1-4-8(2)11(13(19)20)16-12(18)9(5-6-21-3)15-10(17)7-14/h8-9,11H,4-7,14H2,1-3H3,(H,15,17)(H,16,18)(H,19,20). The van der Waals surface area contributed by atoms with E-state index in [1.807, 2.05) is 13.2 Å². The number of carboxylic acids is 1. The summed E-state index contributed by atoms with van der Waals surface area (Å²) >= 11 is 1.54. The number of carbonyl (C=O) groups excluding carboxylic acids is 2. The van der Waals surface area contributed by atoms with Gasteiger partial charge in [0.15, 0.2) is 0 Å². The Morgan fingerprint density at radius 1 is 1.29 bits per heavy atom. The Kier molecular flexibility index (Phi) is 9.81. The van der Waals surface area contributed by atoms with E-state index in [1.165, 1.54) is 11.8 Å². The average Bonchev–Trinajstić information content (AvgIpc) is 2.47. The molecule has 0 aliphatic heterocycles. The Labute approximate surface area is 129 Å². The van der Waals surface area contributed by atoms with Crippen molar-refractivity contribution in [1.82, 2.24) is 10.6 Å². The number of nitrogens with two attached hydrogens (primary N) is 1. The predicted octanol–water partition coefficient (Wildman–Crippen LogP) is -0.201.